The van der Waals surface area contributed by atoms with Crippen LogP contribution in [0.5, 0.6) is 0 Å². The van der Waals surface area contributed by atoms with Gasteiger partial charge < -0.3 is 10.1 Å². The van der Waals surface area contributed by atoms with Crippen molar-refractivity contribution in [3.05, 3.63) is 63.6 Å². The van der Waals surface area contributed by atoms with E-state index in [4.69, 9.17) is 23.2 Å². The lowest BCUT2D eigenvalue weighted by molar-refractivity contribution is 0.0601. The molecule has 0 unspecified atom stereocenters. The Morgan fingerprint density at radius 2 is 1.95 bits per heavy atom. The molecule has 0 aliphatic heterocycles. The van der Waals surface area contributed by atoms with Crippen LogP contribution in [0.4, 0.5) is 5.69 Å². The van der Waals surface area contributed by atoms with Crippen LogP contribution in [0, 0.1) is 0 Å². The van der Waals surface area contributed by atoms with Crippen molar-refractivity contribution >= 4 is 34.9 Å². The second-order valence-corrected chi connectivity index (χ2v) is 4.92. The van der Waals surface area contributed by atoms with Crippen LogP contribution in [0.2, 0.25) is 10.0 Å². The average Bonchev–Trinajstić information content (AvgIpc) is 2.48. The van der Waals surface area contributed by atoms with E-state index in [1.165, 1.54) is 7.11 Å². The van der Waals surface area contributed by atoms with Crippen molar-refractivity contribution < 1.29 is 9.53 Å². The summed E-state index contributed by atoms with van der Waals surface area (Å²) in [6, 6.07) is 12.6. The van der Waals surface area contributed by atoms with Crippen LogP contribution in [-0.2, 0) is 11.3 Å². The molecule has 3 nitrogen and oxygen atoms in total. The van der Waals surface area contributed by atoms with Gasteiger partial charge in [-0.2, -0.15) is 0 Å². The molecule has 0 aromatic heterocycles. The summed E-state index contributed by atoms with van der Waals surface area (Å²) in [6.07, 6.45) is 0. The quantitative estimate of drug-likeness (QED) is 0.851. The third kappa shape index (κ3) is 3.44. The van der Waals surface area contributed by atoms with Crippen LogP contribution in [0.25, 0.3) is 0 Å². The van der Waals surface area contributed by atoms with Gasteiger partial charge in [-0.3, -0.25) is 0 Å². The highest BCUT2D eigenvalue weighted by atomic mass is 35.5. The van der Waals surface area contributed by atoms with Crippen molar-refractivity contribution in [3.8, 4) is 0 Å². The summed E-state index contributed by atoms with van der Waals surface area (Å²) in [4.78, 5) is 11.5. The number of esters is 1. The lowest BCUT2D eigenvalue weighted by Gasteiger charge is -2.10. The third-order valence-corrected chi connectivity index (χ3v) is 3.66. The van der Waals surface area contributed by atoms with Crippen molar-refractivity contribution in [3.63, 3.8) is 0 Å². The lowest BCUT2D eigenvalue weighted by Crippen LogP contribution is -2.04. The van der Waals surface area contributed by atoms with Gasteiger partial charge in [0.2, 0.25) is 0 Å². The molecule has 0 heterocycles. The Bertz CT molecular complexity index is 629. The smallest absolute Gasteiger partial charge is 0.337 e. The van der Waals surface area contributed by atoms with Crippen molar-refractivity contribution in [1.82, 2.24) is 0 Å². The number of hydrogen-bond acceptors (Lipinski definition) is 3. The van der Waals surface area contributed by atoms with Crippen LogP contribution in [0.3, 0.4) is 0 Å². The van der Waals surface area contributed by atoms with Crippen LogP contribution >= 0.6 is 23.2 Å². The molecular weight excluding hydrogens is 297 g/mol. The fourth-order valence-corrected chi connectivity index (χ4v) is 2.14. The Kier molecular flexibility index (Phi) is 4.88. The Balaban J connectivity index is 2.11. The van der Waals surface area contributed by atoms with Gasteiger partial charge in [0.25, 0.3) is 0 Å². The summed E-state index contributed by atoms with van der Waals surface area (Å²) in [6.45, 7) is 0.518. The third-order valence-electron chi connectivity index (χ3n) is 2.80. The molecule has 5 heteroatoms. The Labute approximate surface area is 127 Å². The minimum absolute atomic E-state index is 0.366. The van der Waals surface area contributed by atoms with Crippen molar-refractivity contribution in [2.24, 2.45) is 0 Å². The molecular formula is C15H13Cl2NO2. The zero-order chi connectivity index (χ0) is 14.5. The van der Waals surface area contributed by atoms with Crippen molar-refractivity contribution in [2.45, 2.75) is 6.54 Å². The number of methoxy groups -OCH3 is 1. The zero-order valence-electron chi connectivity index (χ0n) is 10.8. The van der Waals surface area contributed by atoms with Crippen LogP contribution in [0.1, 0.15) is 15.9 Å². The maximum absolute atomic E-state index is 11.5. The van der Waals surface area contributed by atoms with E-state index in [0.29, 0.717) is 22.2 Å². The first-order valence-corrected chi connectivity index (χ1v) is 6.72. The number of hydrogen-bond donors (Lipinski definition) is 1. The van der Waals surface area contributed by atoms with E-state index in [0.717, 1.165) is 11.3 Å². The molecule has 2 rings (SSSR count). The van der Waals surface area contributed by atoms with E-state index in [1.54, 1.807) is 24.3 Å². The maximum Gasteiger partial charge on any atom is 0.337 e. The molecule has 0 fully saturated rings. The van der Waals surface area contributed by atoms with E-state index < -0.39 is 0 Å². The fraction of sp³-hybridized carbons (Fsp3) is 0.133. The predicted octanol–water partition coefficient (Wildman–Crippen LogP) is 4.39. The van der Waals surface area contributed by atoms with Gasteiger partial charge in [0.15, 0.2) is 0 Å². The van der Waals surface area contributed by atoms with Gasteiger partial charge in [-0.05, 0) is 29.8 Å². The second kappa shape index (κ2) is 6.64. The first-order chi connectivity index (χ1) is 9.61. The highest BCUT2D eigenvalue weighted by molar-refractivity contribution is 6.42. The normalized spacial score (nSPS) is 10.2. The van der Waals surface area contributed by atoms with Crippen LogP contribution < -0.4 is 5.32 Å². The zero-order valence-corrected chi connectivity index (χ0v) is 12.3. The Morgan fingerprint density at radius 3 is 2.70 bits per heavy atom. The molecule has 0 saturated carbocycles. The average molecular weight is 310 g/mol. The lowest BCUT2D eigenvalue weighted by atomic mass is 10.2. The molecule has 0 aliphatic carbocycles. The van der Waals surface area contributed by atoms with Gasteiger partial charge in [-0.15, -0.1) is 0 Å². The molecule has 2 aromatic rings. The molecule has 0 bridgehead atoms. The summed E-state index contributed by atoms with van der Waals surface area (Å²) in [7, 11) is 1.36. The Morgan fingerprint density at radius 1 is 1.20 bits per heavy atom. The minimum Gasteiger partial charge on any atom is -0.465 e. The highest BCUT2D eigenvalue weighted by Gasteiger charge is 2.07. The van der Waals surface area contributed by atoms with Gasteiger partial charge in [0, 0.05) is 12.2 Å². The largest absolute Gasteiger partial charge is 0.465 e. The topological polar surface area (TPSA) is 38.3 Å². The number of halogens is 2. The molecule has 104 valence electrons. The summed E-state index contributed by atoms with van der Waals surface area (Å²) < 4.78 is 4.68. The van der Waals surface area contributed by atoms with Crippen LogP contribution in [-0.4, -0.2) is 13.1 Å². The first kappa shape index (κ1) is 14.7. The summed E-state index contributed by atoms with van der Waals surface area (Å²) >= 11 is 12.1. The number of benzene rings is 2. The SMILES string of the molecule is COC(=O)c1cccc(NCc2cccc(Cl)c2Cl)c1. The van der Waals surface area contributed by atoms with Gasteiger partial charge in [-0.1, -0.05) is 41.4 Å². The number of carbonyl (C=O) groups is 1. The molecule has 0 spiro atoms. The first-order valence-electron chi connectivity index (χ1n) is 5.97. The molecule has 0 saturated heterocycles. The molecule has 0 radical (unpaired) electrons. The van der Waals surface area contributed by atoms with Gasteiger partial charge >= 0.3 is 5.97 Å². The number of rotatable bonds is 4. The molecule has 2 aromatic carbocycles. The Hall–Kier alpha value is -1.71. The van der Waals surface area contributed by atoms with E-state index in [1.807, 2.05) is 18.2 Å². The second-order valence-electron chi connectivity index (χ2n) is 4.14. The monoisotopic (exact) mass is 309 g/mol. The van der Waals surface area contributed by atoms with Crippen LogP contribution in [0.15, 0.2) is 42.5 Å². The summed E-state index contributed by atoms with van der Waals surface area (Å²) in [5, 5.41) is 4.25. The van der Waals surface area contributed by atoms with Gasteiger partial charge in [0.1, 0.15) is 0 Å². The summed E-state index contributed by atoms with van der Waals surface area (Å²) in [5.41, 5.74) is 2.20. The number of nitrogens with one attached hydrogen (secondary N) is 1. The van der Waals surface area contributed by atoms with Crippen molar-refractivity contribution in [2.75, 3.05) is 12.4 Å². The standard InChI is InChI=1S/C15H13Cl2NO2/c1-20-15(19)10-4-2-6-12(8-10)18-9-11-5-3-7-13(16)14(11)17/h2-8,18H,9H2,1H3. The molecule has 20 heavy (non-hydrogen) atoms. The molecule has 0 amide bonds. The van der Waals surface area contributed by atoms with Gasteiger partial charge in [0.05, 0.1) is 22.7 Å². The summed E-state index contributed by atoms with van der Waals surface area (Å²) in [5.74, 6) is -0.366. The van der Waals surface area contributed by atoms with Crippen molar-refractivity contribution in [1.29, 1.82) is 0 Å². The minimum atomic E-state index is -0.366. The van der Waals surface area contributed by atoms with E-state index in [-0.39, 0.29) is 5.97 Å². The number of carbonyl (C=O) groups excluding carboxylic acids is 1. The van der Waals surface area contributed by atoms with E-state index in [9.17, 15) is 4.79 Å². The molecule has 0 atom stereocenters. The highest BCUT2D eigenvalue weighted by Crippen LogP contribution is 2.26. The maximum atomic E-state index is 11.5. The predicted molar refractivity (Wildman–Crippen MR) is 81.6 cm³/mol. The fourth-order valence-electron chi connectivity index (χ4n) is 1.76. The number of ether oxygens (including phenoxy) is 1. The van der Waals surface area contributed by atoms with E-state index in [2.05, 4.69) is 10.1 Å². The molecule has 1 N–H and O–H groups in total. The van der Waals surface area contributed by atoms with E-state index >= 15 is 0 Å². The van der Waals surface area contributed by atoms with Gasteiger partial charge in [-0.25, -0.2) is 4.79 Å². The number of anilines is 1. The molecule has 0 aliphatic rings.